The number of nitrogens with zero attached hydrogens (tertiary/aromatic N) is 1. The first kappa shape index (κ1) is 24.7. The summed E-state index contributed by atoms with van der Waals surface area (Å²) in [5, 5.41) is 3.56. The topological polar surface area (TPSA) is 58.6 Å². The van der Waals surface area contributed by atoms with E-state index in [-0.39, 0.29) is 11.8 Å². The molecule has 31 heavy (non-hydrogen) atoms. The first-order valence-corrected chi connectivity index (χ1v) is 11.3. The van der Waals surface area contributed by atoms with Crippen molar-refractivity contribution in [3.63, 3.8) is 0 Å². The molecule has 2 aromatic rings. The number of nitrogens with one attached hydrogen (secondary N) is 1. The highest BCUT2D eigenvalue weighted by molar-refractivity contribution is 6.31. The van der Waals surface area contributed by atoms with Gasteiger partial charge >= 0.3 is 0 Å². The van der Waals surface area contributed by atoms with Gasteiger partial charge in [-0.1, -0.05) is 68.8 Å². The molecule has 0 saturated carbocycles. The predicted octanol–water partition coefficient (Wildman–Crippen LogP) is 5.08. The lowest BCUT2D eigenvalue weighted by molar-refractivity contribution is -0.141. The minimum Gasteiger partial charge on any atom is -0.494 e. The molecule has 0 unspecified atom stereocenters. The summed E-state index contributed by atoms with van der Waals surface area (Å²) in [6.45, 7) is 7.32. The van der Waals surface area contributed by atoms with Crippen LogP contribution in [0.1, 0.15) is 45.6 Å². The molecule has 168 valence electrons. The summed E-state index contributed by atoms with van der Waals surface area (Å²) in [6, 6.07) is 16.4. The molecule has 0 radical (unpaired) electrons. The van der Waals surface area contributed by atoms with Crippen LogP contribution in [0.25, 0.3) is 0 Å². The molecule has 0 aliphatic carbocycles. The Morgan fingerprint density at radius 3 is 2.39 bits per heavy atom. The fourth-order valence-electron chi connectivity index (χ4n) is 3.23. The third kappa shape index (κ3) is 8.25. The molecule has 1 atom stereocenters. The lowest BCUT2D eigenvalue weighted by Gasteiger charge is -2.31. The van der Waals surface area contributed by atoms with Crippen molar-refractivity contribution in [3.05, 3.63) is 65.2 Å². The largest absolute Gasteiger partial charge is 0.494 e. The first-order valence-electron chi connectivity index (χ1n) is 10.9. The molecular weight excluding hydrogens is 412 g/mol. The Morgan fingerprint density at radius 2 is 1.74 bits per heavy atom. The summed E-state index contributed by atoms with van der Waals surface area (Å²) < 4.78 is 5.70. The van der Waals surface area contributed by atoms with Crippen LogP contribution >= 0.6 is 11.6 Å². The quantitative estimate of drug-likeness (QED) is 0.464. The van der Waals surface area contributed by atoms with Gasteiger partial charge in [0.2, 0.25) is 11.8 Å². The SMILES string of the molecule is CC[C@@H](C(=O)NCC(C)C)N(Cc1ccccc1Cl)C(=O)CCCOc1ccccc1. The Balaban J connectivity index is 2.06. The van der Waals surface area contributed by atoms with E-state index < -0.39 is 6.04 Å². The summed E-state index contributed by atoms with van der Waals surface area (Å²) in [4.78, 5) is 27.7. The van der Waals surface area contributed by atoms with Gasteiger partial charge < -0.3 is 15.0 Å². The third-order valence-corrected chi connectivity index (χ3v) is 5.28. The van der Waals surface area contributed by atoms with E-state index >= 15 is 0 Å². The van der Waals surface area contributed by atoms with Gasteiger partial charge in [-0.25, -0.2) is 0 Å². The molecule has 5 nitrogen and oxygen atoms in total. The number of halogens is 1. The molecule has 0 fully saturated rings. The standard InChI is InChI=1S/C25H33ClN2O3/c1-4-23(25(30)27-17-19(2)3)28(18-20-11-8-9-14-22(20)26)24(29)15-10-16-31-21-12-6-5-7-13-21/h5-9,11-14,19,23H,4,10,15-18H2,1-3H3,(H,27,30)/t23-/m0/s1. The summed E-state index contributed by atoms with van der Waals surface area (Å²) in [6.07, 6.45) is 1.39. The van der Waals surface area contributed by atoms with Gasteiger partial charge in [-0.05, 0) is 42.5 Å². The number of hydrogen-bond acceptors (Lipinski definition) is 3. The van der Waals surface area contributed by atoms with Crippen molar-refractivity contribution in [2.75, 3.05) is 13.2 Å². The van der Waals surface area contributed by atoms with Crippen molar-refractivity contribution in [2.24, 2.45) is 5.92 Å². The molecule has 0 saturated heterocycles. The zero-order valence-corrected chi connectivity index (χ0v) is 19.4. The minimum atomic E-state index is -0.544. The normalized spacial score (nSPS) is 11.8. The van der Waals surface area contributed by atoms with Gasteiger partial charge in [-0.15, -0.1) is 0 Å². The van der Waals surface area contributed by atoms with E-state index in [0.29, 0.717) is 49.9 Å². The molecule has 0 aliphatic heterocycles. The lowest BCUT2D eigenvalue weighted by atomic mass is 10.1. The minimum absolute atomic E-state index is 0.0804. The van der Waals surface area contributed by atoms with E-state index in [1.165, 1.54) is 0 Å². The van der Waals surface area contributed by atoms with Gasteiger partial charge in [0.1, 0.15) is 11.8 Å². The maximum Gasteiger partial charge on any atom is 0.242 e. The van der Waals surface area contributed by atoms with Crippen LogP contribution in [0.4, 0.5) is 0 Å². The molecule has 1 N–H and O–H groups in total. The van der Waals surface area contributed by atoms with Crippen molar-refractivity contribution in [2.45, 2.75) is 52.6 Å². The van der Waals surface area contributed by atoms with Crippen LogP contribution in [0.15, 0.2) is 54.6 Å². The van der Waals surface area contributed by atoms with E-state index in [4.69, 9.17) is 16.3 Å². The van der Waals surface area contributed by atoms with Gasteiger partial charge in [0.25, 0.3) is 0 Å². The predicted molar refractivity (Wildman–Crippen MR) is 125 cm³/mol. The molecule has 0 heterocycles. The summed E-state index contributed by atoms with van der Waals surface area (Å²) in [5.41, 5.74) is 0.827. The molecule has 2 rings (SSSR count). The molecule has 0 aliphatic rings. The molecule has 0 aromatic heterocycles. The highest BCUT2D eigenvalue weighted by atomic mass is 35.5. The Hall–Kier alpha value is -2.53. The highest BCUT2D eigenvalue weighted by Gasteiger charge is 2.28. The highest BCUT2D eigenvalue weighted by Crippen LogP contribution is 2.20. The Labute approximate surface area is 190 Å². The van der Waals surface area contributed by atoms with Gasteiger partial charge in [-0.2, -0.15) is 0 Å². The van der Waals surface area contributed by atoms with Gasteiger partial charge in [-0.3, -0.25) is 9.59 Å². The smallest absolute Gasteiger partial charge is 0.242 e. The molecular formula is C25H33ClN2O3. The molecule has 0 bridgehead atoms. The molecule has 6 heteroatoms. The van der Waals surface area contributed by atoms with E-state index in [9.17, 15) is 9.59 Å². The van der Waals surface area contributed by atoms with Crippen molar-refractivity contribution >= 4 is 23.4 Å². The number of benzene rings is 2. The average Bonchev–Trinajstić information content (AvgIpc) is 2.77. The number of para-hydroxylation sites is 1. The second-order valence-electron chi connectivity index (χ2n) is 7.94. The summed E-state index contributed by atoms with van der Waals surface area (Å²) in [5.74, 6) is 0.909. The van der Waals surface area contributed by atoms with Crippen molar-refractivity contribution in [1.82, 2.24) is 10.2 Å². The van der Waals surface area contributed by atoms with Crippen LogP contribution in [0.5, 0.6) is 5.75 Å². The number of rotatable bonds is 12. The Bertz CT molecular complexity index is 827. The zero-order chi connectivity index (χ0) is 22.6. The average molecular weight is 445 g/mol. The number of amides is 2. The maximum absolute atomic E-state index is 13.2. The fraction of sp³-hybridized carbons (Fsp3) is 0.440. The van der Waals surface area contributed by atoms with E-state index in [1.54, 1.807) is 11.0 Å². The van der Waals surface area contributed by atoms with Crippen molar-refractivity contribution < 1.29 is 14.3 Å². The van der Waals surface area contributed by atoms with E-state index in [1.807, 2.05) is 69.3 Å². The van der Waals surface area contributed by atoms with Gasteiger partial charge in [0, 0.05) is 24.5 Å². The van der Waals surface area contributed by atoms with Crippen molar-refractivity contribution in [3.8, 4) is 5.75 Å². The fourth-order valence-corrected chi connectivity index (χ4v) is 3.42. The molecule has 2 aromatic carbocycles. The second-order valence-corrected chi connectivity index (χ2v) is 8.35. The van der Waals surface area contributed by atoms with E-state index in [0.717, 1.165) is 11.3 Å². The number of carbonyl (C=O) groups excluding carboxylic acids is 2. The molecule has 2 amide bonds. The Kier molecular flexibility index (Phi) is 10.4. The van der Waals surface area contributed by atoms with Gasteiger partial charge in [0.05, 0.1) is 6.61 Å². The lowest BCUT2D eigenvalue weighted by Crippen LogP contribution is -2.49. The molecule has 0 spiro atoms. The summed E-state index contributed by atoms with van der Waals surface area (Å²) >= 11 is 6.34. The number of hydrogen-bond donors (Lipinski definition) is 1. The van der Waals surface area contributed by atoms with Crippen LogP contribution < -0.4 is 10.1 Å². The monoisotopic (exact) mass is 444 g/mol. The summed E-state index contributed by atoms with van der Waals surface area (Å²) in [7, 11) is 0. The maximum atomic E-state index is 13.2. The third-order valence-electron chi connectivity index (χ3n) is 4.92. The number of ether oxygens (including phenoxy) is 1. The second kappa shape index (κ2) is 13.0. The van der Waals surface area contributed by atoms with Crippen LogP contribution in [-0.4, -0.2) is 35.9 Å². The first-order chi connectivity index (χ1) is 14.9. The van der Waals surface area contributed by atoms with Crippen LogP contribution in [0, 0.1) is 5.92 Å². The van der Waals surface area contributed by atoms with Crippen LogP contribution in [0.2, 0.25) is 5.02 Å². The van der Waals surface area contributed by atoms with Crippen molar-refractivity contribution in [1.29, 1.82) is 0 Å². The Morgan fingerprint density at radius 1 is 1.06 bits per heavy atom. The van der Waals surface area contributed by atoms with E-state index in [2.05, 4.69) is 5.32 Å². The van der Waals surface area contributed by atoms with Crippen LogP contribution in [0.3, 0.4) is 0 Å². The van der Waals surface area contributed by atoms with Crippen LogP contribution in [-0.2, 0) is 16.1 Å². The number of carbonyl (C=O) groups is 2. The van der Waals surface area contributed by atoms with Gasteiger partial charge in [0.15, 0.2) is 0 Å². The zero-order valence-electron chi connectivity index (χ0n) is 18.6.